The van der Waals surface area contributed by atoms with Crippen molar-refractivity contribution in [2.24, 2.45) is 0 Å². The summed E-state index contributed by atoms with van der Waals surface area (Å²) in [6.45, 7) is 0. The highest BCUT2D eigenvalue weighted by molar-refractivity contribution is 7.98. The molecule has 0 atom stereocenters. The predicted octanol–water partition coefficient (Wildman–Crippen LogP) is 3.21. The Morgan fingerprint density at radius 1 is 1.19 bits per heavy atom. The number of nitrogens with zero attached hydrogens (tertiary/aromatic N) is 2. The standard InChI is InChI=1S/C13H16N2S/c1-2-5-13(6-3-1)7-4-10-16-12-15-9-8-14-11-15/h1-3,5-6,8-9,11H,4,7,10,12H2. The number of imidazole rings is 1. The molecule has 1 heterocycles. The van der Waals surface area contributed by atoms with E-state index < -0.39 is 0 Å². The molecule has 0 saturated carbocycles. The third kappa shape index (κ3) is 3.74. The normalized spacial score (nSPS) is 10.5. The second kappa shape index (κ2) is 6.38. The lowest BCUT2D eigenvalue weighted by Crippen LogP contribution is -1.92. The minimum absolute atomic E-state index is 1.01. The lowest BCUT2D eigenvalue weighted by atomic mass is 10.1. The number of benzene rings is 1. The van der Waals surface area contributed by atoms with Crippen molar-refractivity contribution in [3.8, 4) is 0 Å². The van der Waals surface area contributed by atoms with Crippen LogP contribution in [0.3, 0.4) is 0 Å². The van der Waals surface area contributed by atoms with Gasteiger partial charge in [0.1, 0.15) is 0 Å². The third-order valence-electron chi connectivity index (χ3n) is 2.40. The van der Waals surface area contributed by atoms with Gasteiger partial charge in [0, 0.05) is 12.4 Å². The summed E-state index contributed by atoms with van der Waals surface area (Å²) in [4.78, 5) is 4.02. The number of rotatable bonds is 6. The van der Waals surface area contributed by atoms with Gasteiger partial charge in [-0.1, -0.05) is 30.3 Å². The van der Waals surface area contributed by atoms with Gasteiger partial charge < -0.3 is 4.57 Å². The molecule has 0 N–H and O–H groups in total. The topological polar surface area (TPSA) is 17.8 Å². The van der Waals surface area contributed by atoms with Crippen molar-refractivity contribution < 1.29 is 0 Å². The average Bonchev–Trinajstić information content (AvgIpc) is 2.83. The zero-order valence-electron chi connectivity index (χ0n) is 9.25. The summed E-state index contributed by atoms with van der Waals surface area (Å²) in [6, 6.07) is 10.7. The van der Waals surface area contributed by atoms with Crippen LogP contribution in [0.1, 0.15) is 12.0 Å². The van der Waals surface area contributed by atoms with Gasteiger partial charge >= 0.3 is 0 Å². The van der Waals surface area contributed by atoms with Crippen LogP contribution in [0.25, 0.3) is 0 Å². The summed E-state index contributed by atoms with van der Waals surface area (Å²) in [5.74, 6) is 2.21. The summed E-state index contributed by atoms with van der Waals surface area (Å²) >= 11 is 1.95. The average molecular weight is 232 g/mol. The first-order chi connectivity index (χ1) is 7.95. The Bertz CT molecular complexity index is 384. The van der Waals surface area contributed by atoms with Gasteiger partial charge in [-0.05, 0) is 24.2 Å². The van der Waals surface area contributed by atoms with Crippen molar-refractivity contribution in [2.45, 2.75) is 18.7 Å². The maximum atomic E-state index is 4.02. The van der Waals surface area contributed by atoms with Crippen molar-refractivity contribution in [2.75, 3.05) is 5.75 Å². The number of hydrogen-bond acceptors (Lipinski definition) is 2. The molecule has 0 bridgehead atoms. The van der Waals surface area contributed by atoms with Crippen LogP contribution in [0.5, 0.6) is 0 Å². The molecule has 84 valence electrons. The fourth-order valence-corrected chi connectivity index (χ4v) is 2.40. The monoisotopic (exact) mass is 232 g/mol. The minimum atomic E-state index is 1.01. The third-order valence-corrected chi connectivity index (χ3v) is 3.45. The van der Waals surface area contributed by atoms with Crippen molar-refractivity contribution in [1.29, 1.82) is 0 Å². The molecule has 2 rings (SSSR count). The highest BCUT2D eigenvalue weighted by Gasteiger charge is 1.93. The molecule has 0 fully saturated rings. The van der Waals surface area contributed by atoms with Crippen molar-refractivity contribution in [1.82, 2.24) is 9.55 Å². The van der Waals surface area contributed by atoms with E-state index >= 15 is 0 Å². The van der Waals surface area contributed by atoms with Gasteiger partial charge in [0.05, 0.1) is 12.2 Å². The molecule has 0 spiro atoms. The van der Waals surface area contributed by atoms with Gasteiger partial charge in [-0.25, -0.2) is 4.98 Å². The van der Waals surface area contributed by atoms with Gasteiger partial charge in [-0.2, -0.15) is 0 Å². The van der Waals surface area contributed by atoms with Crippen LogP contribution >= 0.6 is 11.8 Å². The van der Waals surface area contributed by atoms with Crippen LogP contribution < -0.4 is 0 Å². The second-order valence-electron chi connectivity index (χ2n) is 3.70. The largest absolute Gasteiger partial charge is 0.328 e. The molecule has 2 nitrogen and oxygen atoms in total. The maximum Gasteiger partial charge on any atom is 0.0953 e. The van der Waals surface area contributed by atoms with E-state index in [2.05, 4.69) is 39.9 Å². The molecule has 1 aromatic heterocycles. The molecular weight excluding hydrogens is 216 g/mol. The molecule has 0 radical (unpaired) electrons. The quantitative estimate of drug-likeness (QED) is 0.712. The number of thioether (sulfide) groups is 1. The maximum absolute atomic E-state index is 4.02. The van der Waals surface area contributed by atoms with Crippen LogP contribution in [-0.4, -0.2) is 15.3 Å². The van der Waals surface area contributed by atoms with Crippen molar-refractivity contribution >= 4 is 11.8 Å². The molecule has 1 aromatic carbocycles. The molecule has 16 heavy (non-hydrogen) atoms. The summed E-state index contributed by atoms with van der Waals surface area (Å²) in [6.07, 6.45) is 8.11. The summed E-state index contributed by atoms with van der Waals surface area (Å²) in [5.41, 5.74) is 1.44. The van der Waals surface area contributed by atoms with Gasteiger partial charge in [-0.3, -0.25) is 0 Å². The van der Waals surface area contributed by atoms with E-state index in [4.69, 9.17) is 0 Å². The molecule has 0 amide bonds. The Hall–Kier alpha value is -1.22. The fourth-order valence-electron chi connectivity index (χ4n) is 1.56. The minimum Gasteiger partial charge on any atom is -0.328 e. The van der Waals surface area contributed by atoms with Crippen molar-refractivity contribution in [3.63, 3.8) is 0 Å². The SMILES string of the molecule is c1ccc(CCCSCn2ccnc2)cc1. The number of aryl methyl sites for hydroxylation is 1. The molecule has 0 aliphatic rings. The molecular formula is C13H16N2S. The van der Waals surface area contributed by atoms with Gasteiger partial charge in [0.2, 0.25) is 0 Å². The zero-order valence-corrected chi connectivity index (χ0v) is 10.1. The summed E-state index contributed by atoms with van der Waals surface area (Å²) < 4.78 is 2.10. The molecule has 0 aliphatic heterocycles. The lowest BCUT2D eigenvalue weighted by molar-refractivity contribution is 0.878. The van der Waals surface area contributed by atoms with E-state index in [0.29, 0.717) is 0 Å². The number of aromatic nitrogens is 2. The van der Waals surface area contributed by atoms with Crippen LogP contribution in [0.2, 0.25) is 0 Å². The van der Waals surface area contributed by atoms with Crippen LogP contribution in [0.4, 0.5) is 0 Å². The molecule has 0 aliphatic carbocycles. The zero-order chi connectivity index (χ0) is 11.1. The van der Waals surface area contributed by atoms with Crippen LogP contribution in [0.15, 0.2) is 49.1 Å². The van der Waals surface area contributed by atoms with E-state index in [9.17, 15) is 0 Å². The highest BCUT2D eigenvalue weighted by Crippen LogP contribution is 2.09. The van der Waals surface area contributed by atoms with E-state index in [-0.39, 0.29) is 0 Å². The number of hydrogen-bond donors (Lipinski definition) is 0. The van der Waals surface area contributed by atoms with Crippen molar-refractivity contribution in [3.05, 3.63) is 54.6 Å². The van der Waals surface area contributed by atoms with Gasteiger partial charge in [-0.15, -0.1) is 11.8 Å². The lowest BCUT2D eigenvalue weighted by Gasteiger charge is -2.02. The van der Waals surface area contributed by atoms with Crippen LogP contribution in [0, 0.1) is 0 Å². The summed E-state index contributed by atoms with van der Waals surface area (Å²) in [5, 5.41) is 0. The van der Waals surface area contributed by atoms with E-state index in [1.165, 1.54) is 24.2 Å². The Balaban J connectivity index is 1.59. The molecule has 0 saturated heterocycles. The summed E-state index contributed by atoms with van der Waals surface area (Å²) in [7, 11) is 0. The van der Waals surface area contributed by atoms with Gasteiger partial charge in [0.25, 0.3) is 0 Å². The first-order valence-corrected chi connectivity index (χ1v) is 6.68. The smallest absolute Gasteiger partial charge is 0.0953 e. The van der Waals surface area contributed by atoms with E-state index in [0.717, 1.165) is 5.88 Å². The fraction of sp³-hybridized carbons (Fsp3) is 0.308. The molecule has 2 aromatic rings. The first kappa shape index (κ1) is 11.3. The predicted molar refractivity (Wildman–Crippen MR) is 69.4 cm³/mol. The Kier molecular flexibility index (Phi) is 4.50. The van der Waals surface area contributed by atoms with Gasteiger partial charge in [0.15, 0.2) is 0 Å². The Morgan fingerprint density at radius 2 is 2.06 bits per heavy atom. The second-order valence-corrected chi connectivity index (χ2v) is 4.78. The first-order valence-electron chi connectivity index (χ1n) is 5.52. The van der Waals surface area contributed by atoms with Crippen LogP contribution in [-0.2, 0) is 12.3 Å². The van der Waals surface area contributed by atoms with E-state index in [1.54, 1.807) is 0 Å². The Morgan fingerprint density at radius 3 is 2.81 bits per heavy atom. The Labute approximate surface area is 101 Å². The molecule has 3 heteroatoms. The highest BCUT2D eigenvalue weighted by atomic mass is 32.2. The molecule has 0 unspecified atom stereocenters. The van der Waals surface area contributed by atoms with E-state index in [1.807, 2.05) is 30.5 Å².